The average molecular weight is 252 g/mol. The van der Waals surface area contributed by atoms with Gasteiger partial charge in [0, 0.05) is 19.5 Å². The van der Waals surface area contributed by atoms with E-state index >= 15 is 0 Å². The van der Waals surface area contributed by atoms with Crippen LogP contribution in [0.5, 0.6) is 0 Å². The van der Waals surface area contributed by atoms with Crippen LogP contribution in [0.1, 0.15) is 45.4 Å². The van der Waals surface area contributed by atoms with Gasteiger partial charge in [0.1, 0.15) is 0 Å². The lowest BCUT2D eigenvalue weighted by Gasteiger charge is -2.29. The van der Waals surface area contributed by atoms with Crippen LogP contribution in [0.3, 0.4) is 0 Å². The lowest BCUT2D eigenvalue weighted by Crippen LogP contribution is -2.40. The molecule has 5 nitrogen and oxygen atoms in total. The third-order valence-electron chi connectivity index (χ3n) is 3.95. The molecule has 1 amide bonds. The number of hydrogen-bond acceptors (Lipinski definition) is 3. The average Bonchev–Trinajstić information content (AvgIpc) is 2.78. The molecule has 1 atom stereocenters. The molecule has 1 aliphatic rings. The molecule has 0 spiro atoms. The van der Waals surface area contributed by atoms with Gasteiger partial charge in [0.15, 0.2) is 0 Å². The molecule has 0 aromatic rings. The van der Waals surface area contributed by atoms with Crippen LogP contribution >= 0.6 is 0 Å². The number of nitriles is 1. The van der Waals surface area contributed by atoms with E-state index in [1.54, 1.807) is 14.0 Å². The minimum absolute atomic E-state index is 0.0502. The Morgan fingerprint density at radius 1 is 1.44 bits per heavy atom. The summed E-state index contributed by atoms with van der Waals surface area (Å²) in [6, 6.07) is 1.85. The SMILES string of the molecule is CC(CC#N)N(C)C(=O)CC1(C(=O)O)CCCC1. The van der Waals surface area contributed by atoms with Crippen molar-refractivity contribution in [3.63, 3.8) is 0 Å². The van der Waals surface area contributed by atoms with Crippen molar-refractivity contribution in [3.05, 3.63) is 0 Å². The number of nitrogens with zero attached hydrogens (tertiary/aromatic N) is 2. The Morgan fingerprint density at radius 2 is 2.00 bits per heavy atom. The maximum atomic E-state index is 12.1. The number of aliphatic carboxylic acids is 1. The Hall–Kier alpha value is -1.57. The summed E-state index contributed by atoms with van der Waals surface area (Å²) in [5.74, 6) is -1.04. The van der Waals surface area contributed by atoms with E-state index < -0.39 is 11.4 Å². The number of carboxylic acid groups (broad SMARTS) is 1. The normalized spacial score (nSPS) is 18.9. The molecule has 5 heteroatoms. The van der Waals surface area contributed by atoms with E-state index in [2.05, 4.69) is 0 Å². The van der Waals surface area contributed by atoms with Crippen LogP contribution in [-0.4, -0.2) is 35.0 Å². The molecule has 0 aromatic heterocycles. The monoisotopic (exact) mass is 252 g/mol. The Balaban J connectivity index is 2.68. The van der Waals surface area contributed by atoms with Gasteiger partial charge in [-0.25, -0.2) is 0 Å². The second-order valence-electron chi connectivity index (χ2n) is 5.19. The predicted molar refractivity (Wildman–Crippen MR) is 65.6 cm³/mol. The van der Waals surface area contributed by atoms with Crippen molar-refractivity contribution in [1.82, 2.24) is 4.90 Å². The van der Waals surface area contributed by atoms with Crippen LogP contribution in [-0.2, 0) is 9.59 Å². The van der Waals surface area contributed by atoms with Gasteiger partial charge in [0.25, 0.3) is 0 Å². The Morgan fingerprint density at radius 3 is 2.44 bits per heavy atom. The predicted octanol–water partition coefficient (Wildman–Crippen LogP) is 1.78. The molecular weight excluding hydrogens is 232 g/mol. The largest absolute Gasteiger partial charge is 0.481 e. The summed E-state index contributed by atoms with van der Waals surface area (Å²) in [5.41, 5.74) is -0.877. The van der Waals surface area contributed by atoms with Crippen LogP contribution < -0.4 is 0 Å². The van der Waals surface area contributed by atoms with Gasteiger partial charge in [-0.3, -0.25) is 9.59 Å². The second-order valence-corrected chi connectivity index (χ2v) is 5.19. The molecule has 0 radical (unpaired) electrons. The Bertz CT molecular complexity index is 367. The molecule has 1 rings (SSSR count). The fraction of sp³-hybridized carbons (Fsp3) is 0.769. The molecule has 1 unspecified atom stereocenters. The van der Waals surface area contributed by atoms with E-state index in [4.69, 9.17) is 5.26 Å². The van der Waals surface area contributed by atoms with Crippen LogP contribution in [0.2, 0.25) is 0 Å². The summed E-state index contributed by atoms with van der Waals surface area (Å²) in [6.07, 6.45) is 3.22. The summed E-state index contributed by atoms with van der Waals surface area (Å²) < 4.78 is 0. The number of carbonyl (C=O) groups excluding carboxylic acids is 1. The zero-order chi connectivity index (χ0) is 13.8. The molecule has 0 heterocycles. The molecule has 0 bridgehead atoms. The highest BCUT2D eigenvalue weighted by Gasteiger charge is 2.43. The first-order chi connectivity index (χ1) is 8.43. The topological polar surface area (TPSA) is 81.4 Å². The molecule has 1 fully saturated rings. The second kappa shape index (κ2) is 5.85. The van der Waals surface area contributed by atoms with Gasteiger partial charge >= 0.3 is 5.97 Å². The van der Waals surface area contributed by atoms with Crippen LogP contribution in [0.4, 0.5) is 0 Å². The highest BCUT2D eigenvalue weighted by molar-refractivity contribution is 5.85. The molecular formula is C13H20N2O3. The van der Waals surface area contributed by atoms with Crippen molar-refractivity contribution in [3.8, 4) is 6.07 Å². The zero-order valence-electron chi connectivity index (χ0n) is 11.0. The van der Waals surface area contributed by atoms with Crippen molar-refractivity contribution in [2.75, 3.05) is 7.05 Å². The fourth-order valence-electron chi connectivity index (χ4n) is 2.45. The number of rotatable bonds is 5. The molecule has 0 saturated heterocycles. The Kier molecular flexibility index (Phi) is 4.71. The Labute approximate surface area is 107 Å². The van der Waals surface area contributed by atoms with E-state index in [-0.39, 0.29) is 24.8 Å². The highest BCUT2D eigenvalue weighted by Crippen LogP contribution is 2.41. The van der Waals surface area contributed by atoms with Gasteiger partial charge < -0.3 is 10.0 Å². The van der Waals surface area contributed by atoms with Crippen molar-refractivity contribution in [2.45, 2.75) is 51.5 Å². The van der Waals surface area contributed by atoms with Gasteiger partial charge in [0.05, 0.1) is 17.9 Å². The van der Waals surface area contributed by atoms with E-state index in [1.165, 1.54) is 4.90 Å². The smallest absolute Gasteiger partial charge is 0.310 e. The maximum absolute atomic E-state index is 12.1. The summed E-state index contributed by atoms with van der Waals surface area (Å²) >= 11 is 0. The first-order valence-corrected chi connectivity index (χ1v) is 6.29. The summed E-state index contributed by atoms with van der Waals surface area (Å²) in [5, 5.41) is 17.9. The summed E-state index contributed by atoms with van der Waals surface area (Å²) in [7, 11) is 1.63. The van der Waals surface area contributed by atoms with Crippen molar-refractivity contribution in [2.24, 2.45) is 5.41 Å². The van der Waals surface area contributed by atoms with Gasteiger partial charge in [0.2, 0.25) is 5.91 Å². The number of carboxylic acids is 1. The minimum atomic E-state index is -0.877. The van der Waals surface area contributed by atoms with Crippen molar-refractivity contribution >= 4 is 11.9 Å². The third kappa shape index (κ3) is 3.00. The quantitative estimate of drug-likeness (QED) is 0.808. The number of carbonyl (C=O) groups is 2. The molecule has 1 saturated carbocycles. The lowest BCUT2D eigenvalue weighted by atomic mass is 9.82. The maximum Gasteiger partial charge on any atom is 0.310 e. The molecule has 0 aromatic carbocycles. The van der Waals surface area contributed by atoms with E-state index in [0.717, 1.165) is 12.8 Å². The van der Waals surface area contributed by atoms with E-state index in [9.17, 15) is 14.7 Å². The van der Waals surface area contributed by atoms with Gasteiger partial charge in [-0.2, -0.15) is 5.26 Å². The van der Waals surface area contributed by atoms with Crippen molar-refractivity contribution < 1.29 is 14.7 Å². The fourth-order valence-corrected chi connectivity index (χ4v) is 2.45. The van der Waals surface area contributed by atoms with Crippen LogP contribution in [0, 0.1) is 16.7 Å². The first-order valence-electron chi connectivity index (χ1n) is 6.29. The van der Waals surface area contributed by atoms with Gasteiger partial charge in [-0.15, -0.1) is 0 Å². The summed E-state index contributed by atoms with van der Waals surface area (Å²) in [4.78, 5) is 24.9. The molecule has 18 heavy (non-hydrogen) atoms. The molecule has 100 valence electrons. The van der Waals surface area contributed by atoms with Crippen molar-refractivity contribution in [1.29, 1.82) is 5.26 Å². The molecule has 1 aliphatic carbocycles. The molecule has 0 aliphatic heterocycles. The van der Waals surface area contributed by atoms with Crippen LogP contribution in [0.15, 0.2) is 0 Å². The number of hydrogen-bond donors (Lipinski definition) is 1. The van der Waals surface area contributed by atoms with Gasteiger partial charge in [-0.05, 0) is 19.8 Å². The first kappa shape index (κ1) is 14.5. The zero-order valence-corrected chi connectivity index (χ0v) is 11.0. The minimum Gasteiger partial charge on any atom is -0.481 e. The molecule has 1 N–H and O–H groups in total. The lowest BCUT2D eigenvalue weighted by molar-refractivity contribution is -0.153. The summed E-state index contributed by atoms with van der Waals surface area (Å²) in [6.45, 7) is 1.79. The third-order valence-corrected chi connectivity index (χ3v) is 3.95. The highest BCUT2D eigenvalue weighted by atomic mass is 16.4. The van der Waals surface area contributed by atoms with E-state index in [0.29, 0.717) is 12.8 Å². The van der Waals surface area contributed by atoms with E-state index in [1.807, 2.05) is 6.07 Å². The number of amides is 1. The van der Waals surface area contributed by atoms with Gasteiger partial charge in [-0.1, -0.05) is 12.8 Å². The standard InChI is InChI=1S/C13H20N2O3/c1-10(5-8-14)15(2)11(16)9-13(12(17)18)6-3-4-7-13/h10H,3-7,9H2,1-2H3,(H,17,18). The van der Waals surface area contributed by atoms with Crippen LogP contribution in [0.25, 0.3) is 0 Å².